The van der Waals surface area contributed by atoms with Crippen molar-refractivity contribution in [1.82, 2.24) is 4.90 Å². The highest BCUT2D eigenvalue weighted by Gasteiger charge is 2.23. The van der Waals surface area contributed by atoms with Crippen LogP contribution in [0, 0.1) is 6.92 Å². The Morgan fingerprint density at radius 1 is 1.53 bits per heavy atom. The van der Waals surface area contributed by atoms with Gasteiger partial charge in [-0.1, -0.05) is 6.07 Å². The zero-order valence-electron chi connectivity index (χ0n) is 9.89. The first-order chi connectivity index (χ1) is 8.08. The Bertz CT molecular complexity index is 433. The van der Waals surface area contributed by atoms with Crippen molar-refractivity contribution in [2.45, 2.75) is 30.8 Å². The molecule has 0 aromatic heterocycles. The number of aliphatic hydroxyl groups excluding tert-OH is 1. The SMILES string of the molecule is Cc1ccc(S)cc1C(=O)N1CCCC(O)C1. The molecule has 1 N–H and O–H groups in total. The maximum atomic E-state index is 12.3. The quantitative estimate of drug-likeness (QED) is 0.748. The number of β-amino-alcohol motifs (C(OH)–C–C–N with tert-alkyl or cyclic N) is 1. The number of carbonyl (C=O) groups is 1. The Morgan fingerprint density at radius 3 is 3.00 bits per heavy atom. The molecule has 0 radical (unpaired) electrons. The first kappa shape index (κ1) is 12.5. The van der Waals surface area contributed by atoms with Gasteiger partial charge in [0.25, 0.3) is 5.91 Å². The van der Waals surface area contributed by atoms with Crippen molar-refractivity contribution in [3.63, 3.8) is 0 Å². The van der Waals surface area contributed by atoms with Crippen LogP contribution in [-0.4, -0.2) is 35.1 Å². The van der Waals surface area contributed by atoms with E-state index < -0.39 is 0 Å². The molecule has 1 saturated heterocycles. The van der Waals surface area contributed by atoms with Crippen LogP contribution in [0.25, 0.3) is 0 Å². The number of thiol groups is 1. The third-order valence-corrected chi connectivity index (χ3v) is 3.41. The Balaban J connectivity index is 2.21. The maximum absolute atomic E-state index is 12.3. The number of carbonyl (C=O) groups excluding carboxylic acids is 1. The Hall–Kier alpha value is -1.00. The third-order valence-electron chi connectivity index (χ3n) is 3.14. The van der Waals surface area contributed by atoms with Gasteiger partial charge in [0.05, 0.1) is 6.10 Å². The molecule has 1 fully saturated rings. The van der Waals surface area contributed by atoms with Crippen molar-refractivity contribution >= 4 is 18.5 Å². The summed E-state index contributed by atoms with van der Waals surface area (Å²) in [5, 5.41) is 9.59. The Labute approximate surface area is 107 Å². The summed E-state index contributed by atoms with van der Waals surface area (Å²) in [4.78, 5) is 14.8. The van der Waals surface area contributed by atoms with E-state index >= 15 is 0 Å². The molecule has 1 heterocycles. The van der Waals surface area contributed by atoms with Gasteiger partial charge in [0.1, 0.15) is 0 Å². The fraction of sp³-hybridized carbons (Fsp3) is 0.462. The predicted octanol–water partition coefficient (Wildman–Crippen LogP) is 1.88. The minimum atomic E-state index is -0.382. The van der Waals surface area contributed by atoms with E-state index in [9.17, 15) is 9.90 Å². The van der Waals surface area contributed by atoms with Gasteiger partial charge in [0.2, 0.25) is 0 Å². The molecule has 3 nitrogen and oxygen atoms in total. The van der Waals surface area contributed by atoms with Crippen molar-refractivity contribution in [3.05, 3.63) is 29.3 Å². The molecule has 1 aliphatic rings. The molecule has 1 amide bonds. The van der Waals surface area contributed by atoms with E-state index in [0.29, 0.717) is 12.1 Å². The van der Waals surface area contributed by atoms with Gasteiger partial charge in [0, 0.05) is 23.5 Å². The average molecular weight is 251 g/mol. The van der Waals surface area contributed by atoms with E-state index in [4.69, 9.17) is 0 Å². The number of hydrogen-bond donors (Lipinski definition) is 2. The molecule has 1 aromatic rings. The monoisotopic (exact) mass is 251 g/mol. The van der Waals surface area contributed by atoms with E-state index in [1.165, 1.54) is 0 Å². The highest BCUT2D eigenvalue weighted by atomic mass is 32.1. The van der Waals surface area contributed by atoms with Gasteiger partial charge in [-0.2, -0.15) is 0 Å². The molecule has 2 rings (SSSR count). The van der Waals surface area contributed by atoms with Crippen molar-refractivity contribution in [2.24, 2.45) is 0 Å². The second-order valence-corrected chi connectivity index (χ2v) is 5.06. The van der Waals surface area contributed by atoms with Crippen LogP contribution in [0.15, 0.2) is 23.1 Å². The summed E-state index contributed by atoms with van der Waals surface area (Å²) in [5.41, 5.74) is 1.64. The molecule has 1 aliphatic heterocycles. The van der Waals surface area contributed by atoms with E-state index in [2.05, 4.69) is 12.6 Å². The number of aliphatic hydroxyl groups is 1. The number of benzene rings is 1. The molecule has 17 heavy (non-hydrogen) atoms. The van der Waals surface area contributed by atoms with Gasteiger partial charge in [-0.15, -0.1) is 12.6 Å². The molecular weight excluding hydrogens is 234 g/mol. The number of piperidine rings is 1. The van der Waals surface area contributed by atoms with Crippen LogP contribution in [0.1, 0.15) is 28.8 Å². The number of nitrogens with zero attached hydrogens (tertiary/aromatic N) is 1. The van der Waals surface area contributed by atoms with Crippen molar-refractivity contribution < 1.29 is 9.90 Å². The van der Waals surface area contributed by atoms with Gasteiger partial charge in [-0.3, -0.25) is 4.79 Å². The lowest BCUT2D eigenvalue weighted by Gasteiger charge is -2.30. The topological polar surface area (TPSA) is 40.5 Å². The van der Waals surface area contributed by atoms with Crippen molar-refractivity contribution in [1.29, 1.82) is 0 Å². The van der Waals surface area contributed by atoms with Crippen LogP contribution < -0.4 is 0 Å². The van der Waals surface area contributed by atoms with E-state index in [1.54, 1.807) is 11.0 Å². The molecule has 1 unspecified atom stereocenters. The molecule has 0 aliphatic carbocycles. The van der Waals surface area contributed by atoms with E-state index in [0.717, 1.165) is 29.8 Å². The normalized spacial score (nSPS) is 20.4. The molecule has 1 aromatic carbocycles. The van der Waals surface area contributed by atoms with Crippen molar-refractivity contribution in [3.8, 4) is 0 Å². The molecule has 0 spiro atoms. The van der Waals surface area contributed by atoms with Gasteiger partial charge in [-0.25, -0.2) is 0 Å². The van der Waals surface area contributed by atoms with Gasteiger partial charge in [-0.05, 0) is 37.5 Å². The van der Waals surface area contributed by atoms with Crippen LogP contribution >= 0.6 is 12.6 Å². The van der Waals surface area contributed by atoms with E-state index in [1.807, 2.05) is 19.1 Å². The highest BCUT2D eigenvalue weighted by Crippen LogP contribution is 2.19. The predicted molar refractivity (Wildman–Crippen MR) is 69.6 cm³/mol. The van der Waals surface area contributed by atoms with E-state index in [-0.39, 0.29) is 12.0 Å². The summed E-state index contributed by atoms with van der Waals surface area (Å²) in [6.45, 7) is 3.09. The molecule has 1 atom stereocenters. The molecular formula is C13H17NO2S. The standard InChI is InChI=1S/C13H17NO2S/c1-9-4-5-11(17)7-12(9)13(16)14-6-2-3-10(15)8-14/h4-5,7,10,15,17H,2-3,6,8H2,1H3. The van der Waals surface area contributed by atoms with Crippen LogP contribution in [-0.2, 0) is 0 Å². The first-order valence-electron chi connectivity index (χ1n) is 5.85. The van der Waals surface area contributed by atoms with Gasteiger partial charge < -0.3 is 10.0 Å². The zero-order valence-corrected chi connectivity index (χ0v) is 10.8. The first-order valence-corrected chi connectivity index (χ1v) is 6.29. The number of aryl methyl sites for hydroxylation is 1. The minimum absolute atomic E-state index is 0.00264. The zero-order chi connectivity index (χ0) is 12.4. The van der Waals surface area contributed by atoms with Gasteiger partial charge in [0.15, 0.2) is 0 Å². The van der Waals surface area contributed by atoms with Crippen molar-refractivity contribution in [2.75, 3.05) is 13.1 Å². The second kappa shape index (κ2) is 5.10. The lowest BCUT2D eigenvalue weighted by atomic mass is 10.0. The second-order valence-electron chi connectivity index (χ2n) is 4.55. The summed E-state index contributed by atoms with van der Waals surface area (Å²) < 4.78 is 0. The summed E-state index contributed by atoms with van der Waals surface area (Å²) in [5.74, 6) is -0.00264. The molecule has 92 valence electrons. The summed E-state index contributed by atoms with van der Waals surface area (Å²) in [6, 6.07) is 5.57. The number of amides is 1. The minimum Gasteiger partial charge on any atom is -0.391 e. The smallest absolute Gasteiger partial charge is 0.254 e. The number of likely N-dealkylation sites (tertiary alicyclic amines) is 1. The molecule has 0 bridgehead atoms. The summed E-state index contributed by atoms with van der Waals surface area (Å²) >= 11 is 4.26. The number of hydrogen-bond acceptors (Lipinski definition) is 3. The van der Waals surface area contributed by atoms with Crippen LogP contribution in [0.2, 0.25) is 0 Å². The summed E-state index contributed by atoms with van der Waals surface area (Å²) in [7, 11) is 0. The van der Waals surface area contributed by atoms with Crippen LogP contribution in [0.3, 0.4) is 0 Å². The van der Waals surface area contributed by atoms with Crippen LogP contribution in [0.5, 0.6) is 0 Å². The third kappa shape index (κ3) is 2.82. The van der Waals surface area contributed by atoms with Crippen LogP contribution in [0.4, 0.5) is 0 Å². The molecule has 4 heteroatoms. The lowest BCUT2D eigenvalue weighted by molar-refractivity contribution is 0.0473. The van der Waals surface area contributed by atoms with Gasteiger partial charge >= 0.3 is 0 Å². The lowest BCUT2D eigenvalue weighted by Crippen LogP contribution is -2.42. The molecule has 0 saturated carbocycles. The fourth-order valence-corrected chi connectivity index (χ4v) is 2.35. The highest BCUT2D eigenvalue weighted by molar-refractivity contribution is 7.80. The number of rotatable bonds is 1. The maximum Gasteiger partial charge on any atom is 0.254 e. The largest absolute Gasteiger partial charge is 0.391 e. The Morgan fingerprint density at radius 2 is 2.29 bits per heavy atom. The fourth-order valence-electron chi connectivity index (χ4n) is 2.15. The Kier molecular flexibility index (Phi) is 3.74. The average Bonchev–Trinajstić information content (AvgIpc) is 2.31. The summed E-state index contributed by atoms with van der Waals surface area (Å²) in [6.07, 6.45) is 1.27.